The number of likely N-dealkylation sites (tertiary alicyclic amines) is 1. The number of aliphatic hydroxyl groups is 2. The van der Waals surface area contributed by atoms with Crippen LogP contribution in [0.25, 0.3) is 0 Å². The molecule has 4 nitrogen and oxygen atoms in total. The Morgan fingerprint density at radius 1 is 0.621 bits per heavy atom. The Kier molecular flexibility index (Phi) is 39.0. The summed E-state index contributed by atoms with van der Waals surface area (Å²) in [6.07, 6.45) is 11.6. The number of halogens is 1. The van der Waals surface area contributed by atoms with Crippen molar-refractivity contribution >= 4 is 11.6 Å². The van der Waals surface area contributed by atoms with Crippen molar-refractivity contribution < 1.29 is 14.9 Å². The Bertz CT molecular complexity index is 837. The molecule has 4 rings (SSSR count). The van der Waals surface area contributed by atoms with Crippen LogP contribution in [0.1, 0.15) is 231 Å². The van der Waals surface area contributed by atoms with Crippen molar-refractivity contribution in [1.82, 2.24) is 4.90 Å². The van der Waals surface area contributed by atoms with E-state index in [9.17, 15) is 5.11 Å². The highest BCUT2D eigenvalue weighted by molar-refractivity contribution is 6.18. The first kappa shape index (κ1) is 67.2. The molecule has 2 saturated heterocycles. The quantitative estimate of drug-likeness (QED) is 0.261. The summed E-state index contributed by atoms with van der Waals surface area (Å²) in [5.41, 5.74) is 1.93. The Labute approximate surface area is 375 Å². The lowest BCUT2D eigenvalue weighted by molar-refractivity contribution is 0.0996. The first-order valence-corrected chi connectivity index (χ1v) is 24.7. The van der Waals surface area contributed by atoms with Gasteiger partial charge in [-0.15, -0.1) is 11.6 Å². The molecule has 0 aromatic rings. The van der Waals surface area contributed by atoms with Gasteiger partial charge < -0.3 is 19.8 Å². The molecule has 2 aliphatic heterocycles. The normalized spacial score (nSPS) is 18.7. The van der Waals surface area contributed by atoms with Gasteiger partial charge in [0.25, 0.3) is 0 Å². The van der Waals surface area contributed by atoms with E-state index < -0.39 is 0 Å². The summed E-state index contributed by atoms with van der Waals surface area (Å²) in [5, 5.41) is 18.1. The van der Waals surface area contributed by atoms with Crippen molar-refractivity contribution in [3.05, 3.63) is 0 Å². The zero-order valence-electron chi connectivity index (χ0n) is 45.2. The first-order valence-electron chi connectivity index (χ1n) is 24.1. The van der Waals surface area contributed by atoms with Crippen LogP contribution in [0.3, 0.4) is 0 Å². The van der Waals surface area contributed by atoms with Crippen molar-refractivity contribution in [2.75, 3.05) is 45.8 Å². The van der Waals surface area contributed by atoms with Crippen molar-refractivity contribution in [1.29, 1.82) is 0 Å². The highest BCUT2D eigenvalue weighted by Gasteiger charge is 2.47. The van der Waals surface area contributed by atoms with Crippen LogP contribution in [0.4, 0.5) is 0 Å². The average molecular weight is 851 g/mol. The maximum absolute atomic E-state index is 9.21. The molecule has 0 spiro atoms. The summed E-state index contributed by atoms with van der Waals surface area (Å²) in [6.45, 7) is 60.2. The van der Waals surface area contributed by atoms with Gasteiger partial charge in [-0.1, -0.05) is 180 Å². The maximum Gasteiger partial charge on any atom is 0.0672 e. The molecule has 2 saturated carbocycles. The number of nitrogens with zero attached hydrogens (tertiary/aromatic N) is 1. The molecule has 358 valence electrons. The van der Waals surface area contributed by atoms with Gasteiger partial charge in [0.05, 0.1) is 5.60 Å². The number of alkyl halides is 1. The lowest BCUT2D eigenvalue weighted by Gasteiger charge is -2.28. The second kappa shape index (κ2) is 33.7. The van der Waals surface area contributed by atoms with Crippen LogP contribution >= 0.6 is 11.6 Å². The molecule has 4 fully saturated rings. The van der Waals surface area contributed by atoms with Crippen molar-refractivity contribution in [3.8, 4) is 0 Å². The monoisotopic (exact) mass is 850 g/mol. The van der Waals surface area contributed by atoms with Crippen LogP contribution in [-0.2, 0) is 4.74 Å². The Balaban J connectivity index is -0.000000184. The minimum Gasteiger partial charge on any atom is -0.396 e. The average Bonchev–Trinajstić information content (AvgIpc) is 3.83. The van der Waals surface area contributed by atoms with Crippen LogP contribution < -0.4 is 0 Å². The number of hydrogen-bond acceptors (Lipinski definition) is 4. The van der Waals surface area contributed by atoms with E-state index in [2.05, 4.69) is 178 Å². The first-order chi connectivity index (χ1) is 26.0. The third-order valence-corrected chi connectivity index (χ3v) is 13.7. The minimum absolute atomic E-state index is 0.0957. The van der Waals surface area contributed by atoms with Crippen LogP contribution in [0.15, 0.2) is 0 Å². The van der Waals surface area contributed by atoms with E-state index in [0.717, 1.165) is 49.7 Å². The molecule has 0 aromatic carbocycles. The predicted octanol–water partition coefficient (Wildman–Crippen LogP) is 16.5. The zero-order chi connectivity index (χ0) is 47.4. The molecule has 5 heteroatoms. The van der Waals surface area contributed by atoms with Crippen molar-refractivity contribution in [2.24, 2.45) is 62.6 Å². The Morgan fingerprint density at radius 2 is 0.966 bits per heavy atom. The predicted molar refractivity (Wildman–Crippen MR) is 268 cm³/mol. The lowest BCUT2D eigenvalue weighted by Crippen LogP contribution is -2.29. The molecule has 2 aliphatic carbocycles. The topological polar surface area (TPSA) is 52.9 Å². The van der Waals surface area contributed by atoms with Crippen molar-refractivity contribution in [3.63, 3.8) is 0 Å². The van der Waals surface area contributed by atoms with E-state index >= 15 is 0 Å². The van der Waals surface area contributed by atoms with Gasteiger partial charge in [-0.05, 0) is 129 Å². The van der Waals surface area contributed by atoms with Gasteiger partial charge in [0.1, 0.15) is 0 Å². The molecule has 0 bridgehead atoms. The Hall–Kier alpha value is 0.130. The van der Waals surface area contributed by atoms with E-state index in [1.54, 1.807) is 0 Å². The molecule has 1 unspecified atom stereocenters. The standard InChI is InChI=1S/C8H16.C8H18.C7H15ClO.C7H16.C6H12O.C5H11N.C4H8O.2C4H10/c1-7(2,3)8(4)5-6-8;1-6-8(4,5)7(2)3;1-6(2)7(3,4-8)5-9;1-6(2)7(3,4)5;1-5(2)6(7)3-4-6;1-6-4-2-3-5-6;1-2-4-5-3-1;2*1-4(2)3/h5-6H2,1-4H3;7H,6H2,1-5H3;6,9H,4-5H2,1-3H3;6H,1-5H3;5,7H,3-4H2,1-2H3;2-5H2,1H3;1-4H2;2*4H,1-3H3. The fourth-order valence-electron chi connectivity index (χ4n) is 3.82. The fourth-order valence-corrected chi connectivity index (χ4v) is 4.21. The minimum atomic E-state index is -0.250. The third kappa shape index (κ3) is 41.5. The van der Waals surface area contributed by atoms with Crippen LogP contribution in [-0.4, -0.2) is 66.6 Å². The Morgan fingerprint density at radius 3 is 1.00 bits per heavy atom. The van der Waals surface area contributed by atoms with Gasteiger partial charge in [-0.3, -0.25) is 0 Å². The van der Waals surface area contributed by atoms with Gasteiger partial charge in [-0.25, -0.2) is 0 Å². The SMILES string of the molecule is C1CCOC1.CC(C)(C)C1(C)CC1.CC(C)C.CC(C)C.CC(C)C(C)(C)C.CC(C)C(C)(CO)CCl.CC(C)C1(O)CC1.CCC(C)(C)C(C)C.CN1CCCC1. The highest BCUT2D eigenvalue weighted by Crippen LogP contribution is 2.57. The number of rotatable bonds is 6. The van der Waals surface area contributed by atoms with Gasteiger partial charge >= 0.3 is 0 Å². The molecule has 0 amide bonds. The smallest absolute Gasteiger partial charge is 0.0672 e. The van der Waals surface area contributed by atoms with Crippen LogP contribution in [0, 0.1) is 62.6 Å². The summed E-state index contributed by atoms with van der Waals surface area (Å²) < 4.78 is 4.94. The lowest BCUT2D eigenvalue weighted by atomic mass is 9.79. The van der Waals surface area contributed by atoms with E-state index in [1.807, 2.05) is 6.92 Å². The van der Waals surface area contributed by atoms with E-state index in [-0.39, 0.29) is 17.6 Å². The van der Waals surface area contributed by atoms with Crippen LogP contribution in [0.2, 0.25) is 0 Å². The molecule has 58 heavy (non-hydrogen) atoms. The van der Waals surface area contributed by atoms with Gasteiger partial charge in [0, 0.05) is 31.1 Å². The molecule has 2 heterocycles. The summed E-state index contributed by atoms with van der Waals surface area (Å²) in [5.74, 6) is 4.72. The number of ether oxygens (including phenoxy) is 1. The molecule has 2 N–H and O–H groups in total. The fraction of sp³-hybridized carbons (Fsp3) is 1.00. The van der Waals surface area contributed by atoms with Gasteiger partial charge in [0.2, 0.25) is 0 Å². The third-order valence-electron chi connectivity index (χ3n) is 13.1. The summed E-state index contributed by atoms with van der Waals surface area (Å²) in [6, 6.07) is 0. The molecule has 1 atom stereocenters. The molecule has 0 radical (unpaired) electrons. The molecular weight excluding hydrogens is 734 g/mol. The second-order valence-electron chi connectivity index (χ2n) is 24.0. The van der Waals surface area contributed by atoms with E-state index in [0.29, 0.717) is 39.4 Å². The summed E-state index contributed by atoms with van der Waals surface area (Å²) in [7, 11) is 2.17. The molecule has 0 aromatic heterocycles. The van der Waals surface area contributed by atoms with E-state index in [1.165, 1.54) is 58.0 Å². The van der Waals surface area contributed by atoms with E-state index in [4.69, 9.17) is 21.4 Å². The highest BCUT2D eigenvalue weighted by atomic mass is 35.5. The summed E-state index contributed by atoms with van der Waals surface area (Å²) in [4.78, 5) is 2.36. The number of aliphatic hydroxyl groups excluding tert-OH is 1. The van der Waals surface area contributed by atoms with Gasteiger partial charge in [0.15, 0.2) is 0 Å². The maximum atomic E-state index is 9.21. The molecular formula is C53H116ClNO3. The van der Waals surface area contributed by atoms with Crippen LogP contribution in [0.5, 0.6) is 0 Å². The molecule has 4 aliphatic rings. The summed E-state index contributed by atoms with van der Waals surface area (Å²) >= 11 is 5.64. The van der Waals surface area contributed by atoms with Crippen molar-refractivity contribution in [2.45, 2.75) is 236 Å². The van der Waals surface area contributed by atoms with Gasteiger partial charge in [-0.2, -0.15) is 0 Å². The second-order valence-corrected chi connectivity index (χ2v) is 24.2. The zero-order valence-corrected chi connectivity index (χ0v) is 46.0. The number of hydrogen-bond donors (Lipinski definition) is 2. The largest absolute Gasteiger partial charge is 0.396 e.